The fourth-order valence-corrected chi connectivity index (χ4v) is 1.54. The van der Waals surface area contributed by atoms with Crippen LogP contribution in [0.4, 0.5) is 0 Å². The highest BCUT2D eigenvalue weighted by Gasteiger charge is 1.59. The fourth-order valence-electron chi connectivity index (χ4n) is 1.54. The van der Waals surface area contributed by atoms with Crippen LogP contribution >= 0.6 is 0 Å². The molecule has 0 aromatic heterocycles. The van der Waals surface area contributed by atoms with Crippen molar-refractivity contribution >= 4 is 6.79 Å². The van der Waals surface area contributed by atoms with Gasteiger partial charge in [-0.05, 0) is 0 Å². The van der Waals surface area contributed by atoms with Gasteiger partial charge in [0.05, 0.1) is 0 Å². The van der Waals surface area contributed by atoms with Crippen molar-refractivity contribution in [3.05, 3.63) is 146 Å². The highest BCUT2D eigenvalue weighted by atomic mass is 16.1. The van der Waals surface area contributed by atoms with E-state index in [4.69, 9.17) is 4.79 Å². The molecule has 0 unspecified atom stereocenters. The summed E-state index contributed by atoms with van der Waals surface area (Å²) < 4.78 is 0. The molecule has 0 fully saturated rings. The van der Waals surface area contributed by atoms with Crippen LogP contribution in [0, 0.1) is 0 Å². The van der Waals surface area contributed by atoms with Gasteiger partial charge in [0.1, 0.15) is 6.79 Å². The number of rotatable bonds is 0. The van der Waals surface area contributed by atoms with Crippen LogP contribution in [0.5, 0.6) is 0 Å². The lowest BCUT2D eigenvalue weighted by Gasteiger charge is -1.69. The molecule has 0 spiro atoms. The van der Waals surface area contributed by atoms with Gasteiger partial charge in [-0.25, -0.2) is 0 Å². The third-order valence-electron chi connectivity index (χ3n) is 2.67. The molecule has 0 aliphatic carbocycles. The topological polar surface area (TPSA) is 17.1 Å². The van der Waals surface area contributed by atoms with Crippen LogP contribution in [0.1, 0.15) is 0 Å². The van der Waals surface area contributed by atoms with Crippen molar-refractivity contribution in [2.24, 2.45) is 0 Å². The van der Waals surface area contributed by atoms with Crippen molar-refractivity contribution in [3.8, 4) is 0 Å². The second kappa shape index (κ2) is 21.6. The van der Waals surface area contributed by atoms with Crippen molar-refractivity contribution in [3.63, 3.8) is 0 Å². The summed E-state index contributed by atoms with van der Waals surface area (Å²) in [5.74, 6) is 0. The first-order chi connectivity index (χ1) is 13.0. The van der Waals surface area contributed by atoms with Gasteiger partial charge in [-0.2, -0.15) is 0 Å². The Kier molecular flexibility index (Phi) is 18.7. The van der Waals surface area contributed by atoms with Crippen LogP contribution in [0.25, 0.3) is 0 Å². The second-order valence-electron chi connectivity index (χ2n) is 4.62. The van der Waals surface area contributed by atoms with Crippen molar-refractivity contribution in [1.29, 1.82) is 0 Å². The normalized spacial score (nSPS) is 7.54. The first-order valence-corrected chi connectivity index (χ1v) is 8.29. The Morgan fingerprint density at radius 3 is 0.269 bits per heavy atom. The Morgan fingerprint density at radius 2 is 0.231 bits per heavy atom. The summed E-state index contributed by atoms with van der Waals surface area (Å²) in [6, 6.07) is 48.0. The van der Waals surface area contributed by atoms with Crippen molar-refractivity contribution in [1.82, 2.24) is 0 Å². The number of benzene rings is 4. The van der Waals surface area contributed by atoms with Crippen molar-refractivity contribution < 1.29 is 4.79 Å². The van der Waals surface area contributed by atoms with E-state index in [1.54, 1.807) is 0 Å². The van der Waals surface area contributed by atoms with Gasteiger partial charge in [0, 0.05) is 0 Å². The van der Waals surface area contributed by atoms with E-state index in [1.165, 1.54) is 0 Å². The lowest BCUT2D eigenvalue weighted by molar-refractivity contribution is -0.0979. The third-order valence-corrected chi connectivity index (χ3v) is 2.67. The van der Waals surface area contributed by atoms with Crippen LogP contribution in [0.2, 0.25) is 0 Å². The van der Waals surface area contributed by atoms with Gasteiger partial charge in [-0.1, -0.05) is 146 Å². The molecule has 0 saturated carbocycles. The lowest BCUT2D eigenvalue weighted by atomic mass is 10.4. The van der Waals surface area contributed by atoms with Crippen LogP contribution in [0.15, 0.2) is 146 Å². The molecule has 4 aromatic rings. The molecule has 0 saturated heterocycles. The van der Waals surface area contributed by atoms with E-state index in [1.807, 2.05) is 152 Å². The Labute approximate surface area is 157 Å². The Balaban J connectivity index is 0.000000310. The molecule has 26 heavy (non-hydrogen) atoms. The summed E-state index contributed by atoms with van der Waals surface area (Å²) in [6.45, 7) is 2.00. The van der Waals surface area contributed by atoms with E-state index < -0.39 is 0 Å². The summed E-state index contributed by atoms with van der Waals surface area (Å²) in [6.07, 6.45) is 0. The monoisotopic (exact) mass is 342 g/mol. The fraction of sp³-hybridized carbons (Fsp3) is 0. The third kappa shape index (κ3) is 18.6. The average molecular weight is 342 g/mol. The highest BCUT2D eigenvalue weighted by Crippen LogP contribution is 1.81. The zero-order valence-electron chi connectivity index (χ0n) is 15.0. The predicted octanol–water partition coefficient (Wildman–Crippen LogP) is 6.56. The molecule has 0 atom stereocenters. The largest absolute Gasteiger partial charge is 0.307 e. The van der Waals surface area contributed by atoms with Crippen LogP contribution in [-0.4, -0.2) is 6.79 Å². The molecule has 0 heterocycles. The first kappa shape index (κ1) is 22.6. The minimum absolute atomic E-state index is 2.00. The Bertz CT molecular complexity index is 435. The molecule has 0 amide bonds. The molecule has 0 aliphatic rings. The molecule has 1 nitrogen and oxygen atoms in total. The molecule has 132 valence electrons. The van der Waals surface area contributed by atoms with Gasteiger partial charge in [0.15, 0.2) is 0 Å². The minimum Gasteiger partial charge on any atom is -0.307 e. The number of hydrogen-bond donors (Lipinski definition) is 0. The maximum atomic E-state index is 8.00. The van der Waals surface area contributed by atoms with E-state index in [9.17, 15) is 0 Å². The quantitative estimate of drug-likeness (QED) is 0.353. The molecule has 4 aromatic carbocycles. The lowest BCUT2D eigenvalue weighted by Crippen LogP contribution is -1.47. The zero-order valence-corrected chi connectivity index (χ0v) is 15.0. The van der Waals surface area contributed by atoms with E-state index in [0.29, 0.717) is 0 Å². The SMILES string of the molecule is C=O.c1ccccc1.c1ccccc1.c1ccccc1.c1ccccc1. The second-order valence-corrected chi connectivity index (χ2v) is 4.62. The van der Waals surface area contributed by atoms with E-state index in [-0.39, 0.29) is 0 Å². The summed E-state index contributed by atoms with van der Waals surface area (Å²) in [5.41, 5.74) is 0. The number of carbonyl (C=O) groups excluding carboxylic acids is 1. The number of hydrogen-bond acceptors (Lipinski definition) is 1. The molecule has 0 bridgehead atoms. The highest BCUT2D eigenvalue weighted by molar-refractivity contribution is 5.11. The molecule has 4 rings (SSSR count). The molecular weight excluding hydrogens is 316 g/mol. The van der Waals surface area contributed by atoms with Gasteiger partial charge in [0.25, 0.3) is 0 Å². The number of carbonyl (C=O) groups is 1. The maximum absolute atomic E-state index is 8.00. The van der Waals surface area contributed by atoms with Crippen molar-refractivity contribution in [2.75, 3.05) is 0 Å². The van der Waals surface area contributed by atoms with Gasteiger partial charge in [0.2, 0.25) is 0 Å². The van der Waals surface area contributed by atoms with Crippen LogP contribution in [0.3, 0.4) is 0 Å². The summed E-state index contributed by atoms with van der Waals surface area (Å²) in [4.78, 5) is 8.00. The first-order valence-electron chi connectivity index (χ1n) is 8.29. The molecule has 0 radical (unpaired) electrons. The minimum atomic E-state index is 2.00. The van der Waals surface area contributed by atoms with Gasteiger partial charge in [-0.3, -0.25) is 0 Å². The van der Waals surface area contributed by atoms with Crippen LogP contribution in [-0.2, 0) is 4.79 Å². The van der Waals surface area contributed by atoms with Crippen LogP contribution < -0.4 is 0 Å². The van der Waals surface area contributed by atoms with Gasteiger partial charge >= 0.3 is 0 Å². The molecule has 1 heteroatoms. The van der Waals surface area contributed by atoms with Crippen molar-refractivity contribution in [2.45, 2.75) is 0 Å². The van der Waals surface area contributed by atoms with Gasteiger partial charge in [-0.15, -0.1) is 0 Å². The molecule has 0 aliphatic heterocycles. The van der Waals surface area contributed by atoms with E-state index >= 15 is 0 Å². The smallest absolute Gasteiger partial charge is 0.106 e. The zero-order chi connectivity index (χ0) is 19.0. The van der Waals surface area contributed by atoms with E-state index in [0.717, 1.165) is 0 Å². The van der Waals surface area contributed by atoms with E-state index in [2.05, 4.69) is 0 Å². The standard InChI is InChI=1S/4C6H6.CH2O/c4*1-2-4-6-5-3-1;1-2/h4*1-6H;1H2. The Morgan fingerprint density at radius 1 is 0.192 bits per heavy atom. The maximum Gasteiger partial charge on any atom is 0.106 e. The average Bonchev–Trinajstić information content (AvgIpc) is 2.81. The predicted molar refractivity (Wildman–Crippen MR) is 113 cm³/mol. The Hall–Kier alpha value is -3.45. The summed E-state index contributed by atoms with van der Waals surface area (Å²) in [7, 11) is 0. The molecule has 0 N–H and O–H groups in total. The van der Waals surface area contributed by atoms with Gasteiger partial charge < -0.3 is 4.79 Å². The summed E-state index contributed by atoms with van der Waals surface area (Å²) >= 11 is 0. The summed E-state index contributed by atoms with van der Waals surface area (Å²) in [5, 5.41) is 0. The molecular formula is C25H26O.